The highest BCUT2D eigenvalue weighted by Crippen LogP contribution is 2.20. The summed E-state index contributed by atoms with van der Waals surface area (Å²) in [4.78, 5) is 22.7. The fraction of sp³-hybridized carbons (Fsp3) is 0.476. The van der Waals surface area contributed by atoms with Crippen molar-refractivity contribution < 1.29 is 14.3 Å². The van der Waals surface area contributed by atoms with Crippen LogP contribution in [0.2, 0.25) is 5.02 Å². The highest BCUT2D eigenvalue weighted by Gasteiger charge is 2.26. The third-order valence-electron chi connectivity index (χ3n) is 4.38. The smallest absolute Gasteiger partial charge is 0.410 e. The summed E-state index contributed by atoms with van der Waals surface area (Å²) in [5, 5.41) is 4.02. The molecule has 0 aliphatic carbocycles. The standard InChI is InChI=1S/C21H27ClN4O3/c1-21(2,3)29-20(27)26-11-9-16(10-12-26)24-18-5-4-6-19(25-18)28-14-17-8-7-15(22)13-23-17/h4-8,13,16H,9-12,14H2,1-3H3,(H,24,25). The molecule has 8 heteroatoms. The zero-order valence-corrected chi connectivity index (χ0v) is 17.8. The van der Waals surface area contributed by atoms with Gasteiger partial charge in [0, 0.05) is 31.4 Å². The maximum atomic E-state index is 12.2. The highest BCUT2D eigenvalue weighted by molar-refractivity contribution is 6.30. The number of amides is 1. The Balaban J connectivity index is 1.48. The van der Waals surface area contributed by atoms with Crippen molar-refractivity contribution in [1.82, 2.24) is 14.9 Å². The summed E-state index contributed by atoms with van der Waals surface area (Å²) in [6, 6.07) is 9.47. The Bertz CT molecular complexity index is 815. The van der Waals surface area contributed by atoms with E-state index in [1.165, 1.54) is 0 Å². The topological polar surface area (TPSA) is 76.6 Å². The average molecular weight is 419 g/mol. The molecule has 0 aromatic carbocycles. The quantitative estimate of drug-likeness (QED) is 0.769. The van der Waals surface area contributed by atoms with E-state index in [2.05, 4.69) is 15.3 Å². The van der Waals surface area contributed by atoms with Gasteiger partial charge in [0.15, 0.2) is 0 Å². The molecule has 2 aromatic rings. The third-order valence-corrected chi connectivity index (χ3v) is 4.60. The van der Waals surface area contributed by atoms with Gasteiger partial charge in [-0.3, -0.25) is 4.98 Å². The molecular formula is C21H27ClN4O3. The Labute approximate surface area is 176 Å². The number of pyridine rings is 2. The maximum absolute atomic E-state index is 12.2. The zero-order chi connectivity index (χ0) is 20.9. The van der Waals surface area contributed by atoms with Crippen molar-refractivity contribution in [3.8, 4) is 5.88 Å². The Morgan fingerprint density at radius 3 is 2.66 bits per heavy atom. The maximum Gasteiger partial charge on any atom is 0.410 e. The van der Waals surface area contributed by atoms with E-state index in [-0.39, 0.29) is 12.1 Å². The fourth-order valence-electron chi connectivity index (χ4n) is 2.96. The van der Waals surface area contributed by atoms with Crippen LogP contribution >= 0.6 is 11.6 Å². The van der Waals surface area contributed by atoms with Gasteiger partial charge in [-0.25, -0.2) is 4.79 Å². The molecule has 1 aliphatic heterocycles. The fourth-order valence-corrected chi connectivity index (χ4v) is 3.07. The van der Waals surface area contributed by atoms with E-state index in [0.717, 1.165) is 24.4 Å². The van der Waals surface area contributed by atoms with E-state index in [1.807, 2.05) is 45.0 Å². The van der Waals surface area contributed by atoms with Gasteiger partial charge in [0.05, 0.1) is 10.7 Å². The summed E-state index contributed by atoms with van der Waals surface area (Å²) in [5.41, 5.74) is 0.307. The lowest BCUT2D eigenvalue weighted by Gasteiger charge is -2.33. The van der Waals surface area contributed by atoms with Crippen molar-refractivity contribution in [1.29, 1.82) is 0 Å². The van der Waals surface area contributed by atoms with Crippen LogP contribution in [0.1, 0.15) is 39.3 Å². The first-order valence-electron chi connectivity index (χ1n) is 9.73. The summed E-state index contributed by atoms with van der Waals surface area (Å²) >= 11 is 5.84. The first-order chi connectivity index (χ1) is 13.8. The van der Waals surface area contributed by atoms with Gasteiger partial charge in [-0.05, 0) is 51.8 Å². The van der Waals surface area contributed by atoms with E-state index in [4.69, 9.17) is 21.1 Å². The third kappa shape index (κ3) is 6.78. The van der Waals surface area contributed by atoms with Crippen molar-refractivity contribution in [2.45, 2.75) is 51.9 Å². The Kier molecular flexibility index (Phi) is 6.79. The van der Waals surface area contributed by atoms with Crippen LogP contribution in [0.5, 0.6) is 5.88 Å². The number of nitrogens with zero attached hydrogens (tertiary/aromatic N) is 3. The number of anilines is 1. The van der Waals surface area contributed by atoms with E-state index in [1.54, 1.807) is 17.2 Å². The van der Waals surface area contributed by atoms with Gasteiger partial charge >= 0.3 is 6.09 Å². The van der Waals surface area contributed by atoms with Crippen LogP contribution in [0.15, 0.2) is 36.5 Å². The van der Waals surface area contributed by atoms with Crippen LogP contribution in [0, 0.1) is 0 Å². The summed E-state index contributed by atoms with van der Waals surface area (Å²) in [6.07, 6.45) is 3.01. The number of likely N-dealkylation sites (tertiary alicyclic amines) is 1. The molecule has 7 nitrogen and oxygen atoms in total. The lowest BCUT2D eigenvalue weighted by atomic mass is 10.1. The molecule has 0 saturated carbocycles. The van der Waals surface area contributed by atoms with Gasteiger partial charge in [0.25, 0.3) is 0 Å². The largest absolute Gasteiger partial charge is 0.471 e. The number of hydrogen-bond acceptors (Lipinski definition) is 6. The van der Waals surface area contributed by atoms with Gasteiger partial charge in [0.1, 0.15) is 18.0 Å². The number of aromatic nitrogens is 2. The first kappa shape index (κ1) is 21.2. The summed E-state index contributed by atoms with van der Waals surface area (Å²) in [7, 11) is 0. The molecule has 3 heterocycles. The number of piperidine rings is 1. The lowest BCUT2D eigenvalue weighted by Crippen LogP contribution is -2.44. The molecule has 0 spiro atoms. The van der Waals surface area contributed by atoms with Crippen LogP contribution in [0.25, 0.3) is 0 Å². The number of rotatable bonds is 5. The van der Waals surface area contributed by atoms with Crippen molar-refractivity contribution >= 4 is 23.5 Å². The van der Waals surface area contributed by atoms with Crippen LogP contribution in [0.3, 0.4) is 0 Å². The van der Waals surface area contributed by atoms with Crippen LogP contribution in [0.4, 0.5) is 10.6 Å². The van der Waals surface area contributed by atoms with E-state index in [9.17, 15) is 4.79 Å². The molecule has 1 aliphatic rings. The van der Waals surface area contributed by atoms with Crippen molar-refractivity contribution in [2.24, 2.45) is 0 Å². The Hall–Kier alpha value is -2.54. The number of hydrogen-bond donors (Lipinski definition) is 1. The molecule has 0 unspecified atom stereocenters. The summed E-state index contributed by atoms with van der Waals surface area (Å²) < 4.78 is 11.2. The minimum absolute atomic E-state index is 0.245. The van der Waals surface area contributed by atoms with Gasteiger partial charge in [0.2, 0.25) is 5.88 Å². The predicted octanol–water partition coefficient (Wildman–Crippen LogP) is 4.52. The molecule has 3 rings (SSSR count). The lowest BCUT2D eigenvalue weighted by molar-refractivity contribution is 0.0210. The molecule has 1 fully saturated rings. The van der Waals surface area contributed by atoms with Crippen LogP contribution < -0.4 is 10.1 Å². The Morgan fingerprint density at radius 2 is 2.00 bits per heavy atom. The Morgan fingerprint density at radius 1 is 1.24 bits per heavy atom. The minimum Gasteiger partial charge on any atom is -0.471 e. The minimum atomic E-state index is -0.474. The average Bonchev–Trinajstić information content (AvgIpc) is 2.67. The molecule has 1 amide bonds. The molecule has 0 atom stereocenters. The van der Waals surface area contributed by atoms with E-state index < -0.39 is 5.60 Å². The molecule has 0 radical (unpaired) electrons. The SMILES string of the molecule is CC(C)(C)OC(=O)N1CCC(Nc2cccc(OCc3ccc(Cl)cn3)n2)CC1. The number of carbonyl (C=O) groups excluding carboxylic acids is 1. The number of halogens is 1. The van der Waals surface area contributed by atoms with Gasteiger partial charge in [-0.2, -0.15) is 4.98 Å². The molecule has 2 aromatic heterocycles. The van der Waals surface area contributed by atoms with Gasteiger partial charge in [-0.1, -0.05) is 17.7 Å². The van der Waals surface area contributed by atoms with Crippen molar-refractivity contribution in [3.63, 3.8) is 0 Å². The highest BCUT2D eigenvalue weighted by atomic mass is 35.5. The van der Waals surface area contributed by atoms with Crippen LogP contribution in [-0.2, 0) is 11.3 Å². The molecule has 156 valence electrons. The van der Waals surface area contributed by atoms with Crippen molar-refractivity contribution in [3.05, 3.63) is 47.2 Å². The molecule has 1 saturated heterocycles. The predicted molar refractivity (Wildman–Crippen MR) is 112 cm³/mol. The molecule has 0 bridgehead atoms. The molecule has 1 N–H and O–H groups in total. The molecule has 29 heavy (non-hydrogen) atoms. The second-order valence-corrected chi connectivity index (χ2v) is 8.44. The van der Waals surface area contributed by atoms with E-state index in [0.29, 0.717) is 30.6 Å². The normalized spacial score (nSPS) is 15.1. The van der Waals surface area contributed by atoms with Gasteiger partial charge < -0.3 is 19.7 Å². The summed E-state index contributed by atoms with van der Waals surface area (Å²) in [5.74, 6) is 1.28. The summed E-state index contributed by atoms with van der Waals surface area (Å²) in [6.45, 7) is 7.27. The van der Waals surface area contributed by atoms with Crippen LogP contribution in [-0.4, -0.2) is 45.7 Å². The van der Waals surface area contributed by atoms with Gasteiger partial charge in [-0.15, -0.1) is 0 Å². The second-order valence-electron chi connectivity index (χ2n) is 8.00. The van der Waals surface area contributed by atoms with E-state index >= 15 is 0 Å². The number of carbonyl (C=O) groups is 1. The zero-order valence-electron chi connectivity index (χ0n) is 17.0. The first-order valence-corrected chi connectivity index (χ1v) is 10.1. The number of ether oxygens (including phenoxy) is 2. The second kappa shape index (κ2) is 9.31. The van der Waals surface area contributed by atoms with Crippen molar-refractivity contribution in [2.75, 3.05) is 18.4 Å². The molecular weight excluding hydrogens is 392 g/mol. The number of nitrogens with one attached hydrogen (secondary N) is 1. The monoisotopic (exact) mass is 418 g/mol.